The predicted octanol–water partition coefficient (Wildman–Crippen LogP) is 2.69. The van der Waals surface area contributed by atoms with Crippen LogP contribution in [0.5, 0.6) is 5.75 Å². The van der Waals surface area contributed by atoms with Crippen molar-refractivity contribution in [2.75, 3.05) is 7.11 Å². The summed E-state index contributed by atoms with van der Waals surface area (Å²) in [5, 5.41) is 0. The Morgan fingerprint density at radius 2 is 2.07 bits per heavy atom. The van der Waals surface area contributed by atoms with Gasteiger partial charge in [-0.3, -0.25) is 4.79 Å². The molecule has 0 atom stereocenters. The van der Waals surface area contributed by atoms with E-state index in [1.807, 2.05) is 37.3 Å². The molecule has 0 radical (unpaired) electrons. The topological polar surface area (TPSA) is 26.3 Å². The number of carbonyl (C=O) groups excluding carboxylic acids is 1. The molecule has 1 rings (SSSR count). The second-order valence-corrected chi connectivity index (χ2v) is 3.16. The maximum absolute atomic E-state index is 11.0. The molecule has 2 nitrogen and oxygen atoms in total. The monoisotopic (exact) mass is 190 g/mol. The molecule has 1 aromatic rings. The number of Topliss-reactive ketones (excluding diaryl/α,β-unsaturated/α-hetero) is 1. The van der Waals surface area contributed by atoms with Crippen LogP contribution >= 0.6 is 0 Å². The molecule has 0 unspecified atom stereocenters. The molecule has 0 N–H and O–H groups in total. The number of allylic oxidation sites excluding steroid dienone is 1. The van der Waals surface area contributed by atoms with Crippen molar-refractivity contribution in [3.05, 3.63) is 35.4 Å². The van der Waals surface area contributed by atoms with Gasteiger partial charge in [0.15, 0.2) is 5.78 Å². The lowest BCUT2D eigenvalue weighted by Gasteiger charge is -2.01. The Morgan fingerprint density at radius 3 is 2.64 bits per heavy atom. The normalized spacial score (nSPS) is 11.2. The summed E-state index contributed by atoms with van der Waals surface area (Å²) < 4.78 is 5.08. The number of methoxy groups -OCH3 is 1. The van der Waals surface area contributed by atoms with Crippen molar-refractivity contribution in [1.82, 2.24) is 0 Å². The minimum atomic E-state index is 0.0906. The average molecular weight is 190 g/mol. The summed E-state index contributed by atoms with van der Waals surface area (Å²) in [4.78, 5) is 11.0. The fourth-order valence-electron chi connectivity index (χ4n) is 1.08. The molecule has 0 amide bonds. The van der Waals surface area contributed by atoms with Gasteiger partial charge in [0.1, 0.15) is 5.75 Å². The minimum absolute atomic E-state index is 0.0906. The maximum atomic E-state index is 11.0. The van der Waals surface area contributed by atoms with Crippen molar-refractivity contribution in [3.63, 3.8) is 0 Å². The van der Waals surface area contributed by atoms with Crippen LogP contribution in [0, 0.1) is 0 Å². The highest BCUT2D eigenvalue weighted by Gasteiger charge is 1.97. The van der Waals surface area contributed by atoms with E-state index in [4.69, 9.17) is 4.74 Å². The Morgan fingerprint density at radius 1 is 1.36 bits per heavy atom. The third-order valence-electron chi connectivity index (χ3n) is 2.03. The standard InChI is InChI=1S/C12H14O2/c1-9(10(2)13)7-11-5-4-6-12(8-11)14-3/h4-8H,1-3H3/b9-7+. The van der Waals surface area contributed by atoms with Crippen LogP contribution in [0.3, 0.4) is 0 Å². The van der Waals surface area contributed by atoms with Crippen LogP contribution in [-0.2, 0) is 4.79 Å². The Labute approximate surface area is 84.2 Å². The molecule has 0 saturated heterocycles. The molecule has 0 aliphatic rings. The molecule has 0 saturated carbocycles. The zero-order chi connectivity index (χ0) is 10.6. The molecule has 0 aromatic heterocycles. The summed E-state index contributed by atoms with van der Waals surface area (Å²) in [7, 11) is 1.63. The summed E-state index contributed by atoms with van der Waals surface area (Å²) in [5.74, 6) is 0.892. The van der Waals surface area contributed by atoms with Crippen molar-refractivity contribution in [2.45, 2.75) is 13.8 Å². The minimum Gasteiger partial charge on any atom is -0.497 e. The summed E-state index contributed by atoms with van der Waals surface area (Å²) in [6.45, 7) is 3.37. The van der Waals surface area contributed by atoms with E-state index in [9.17, 15) is 4.79 Å². The van der Waals surface area contributed by atoms with Crippen LogP contribution in [0.25, 0.3) is 6.08 Å². The van der Waals surface area contributed by atoms with Crippen molar-refractivity contribution in [3.8, 4) is 5.75 Å². The van der Waals surface area contributed by atoms with Gasteiger partial charge in [-0.15, -0.1) is 0 Å². The first-order valence-electron chi connectivity index (χ1n) is 4.47. The van der Waals surface area contributed by atoms with Crippen LogP contribution in [0.1, 0.15) is 19.4 Å². The molecule has 14 heavy (non-hydrogen) atoms. The van der Waals surface area contributed by atoms with Gasteiger partial charge in [0, 0.05) is 0 Å². The van der Waals surface area contributed by atoms with Crippen LogP contribution in [0.2, 0.25) is 0 Å². The smallest absolute Gasteiger partial charge is 0.155 e. The van der Waals surface area contributed by atoms with E-state index < -0.39 is 0 Å². The number of rotatable bonds is 3. The van der Waals surface area contributed by atoms with E-state index in [0.717, 1.165) is 16.9 Å². The highest BCUT2D eigenvalue weighted by Crippen LogP contribution is 2.15. The number of ether oxygens (including phenoxy) is 1. The van der Waals surface area contributed by atoms with Gasteiger partial charge < -0.3 is 4.74 Å². The Bertz CT molecular complexity index is 364. The van der Waals surface area contributed by atoms with E-state index in [2.05, 4.69) is 0 Å². The molecule has 0 fully saturated rings. The van der Waals surface area contributed by atoms with Crippen LogP contribution in [0.15, 0.2) is 29.8 Å². The van der Waals surface area contributed by atoms with Crippen LogP contribution < -0.4 is 4.74 Å². The second kappa shape index (κ2) is 4.61. The predicted molar refractivity (Wildman–Crippen MR) is 57.3 cm³/mol. The van der Waals surface area contributed by atoms with Gasteiger partial charge in [-0.1, -0.05) is 12.1 Å². The zero-order valence-corrected chi connectivity index (χ0v) is 8.70. The summed E-state index contributed by atoms with van der Waals surface area (Å²) in [6.07, 6.45) is 1.85. The third-order valence-corrected chi connectivity index (χ3v) is 2.03. The van der Waals surface area contributed by atoms with Crippen LogP contribution in [0.4, 0.5) is 0 Å². The van der Waals surface area contributed by atoms with Gasteiger partial charge >= 0.3 is 0 Å². The van der Waals surface area contributed by atoms with E-state index in [0.29, 0.717) is 0 Å². The Kier molecular flexibility index (Phi) is 3.46. The quantitative estimate of drug-likeness (QED) is 0.685. The Balaban J connectivity index is 2.97. The lowest BCUT2D eigenvalue weighted by molar-refractivity contribution is -0.113. The molecular weight excluding hydrogens is 176 g/mol. The lowest BCUT2D eigenvalue weighted by Crippen LogP contribution is -1.91. The second-order valence-electron chi connectivity index (χ2n) is 3.16. The first-order valence-corrected chi connectivity index (χ1v) is 4.47. The number of carbonyl (C=O) groups is 1. The first-order chi connectivity index (χ1) is 6.63. The van der Waals surface area contributed by atoms with E-state index in [1.54, 1.807) is 14.0 Å². The largest absolute Gasteiger partial charge is 0.497 e. The fraction of sp³-hybridized carbons (Fsp3) is 0.250. The van der Waals surface area contributed by atoms with Gasteiger partial charge in [0.2, 0.25) is 0 Å². The van der Waals surface area contributed by atoms with Crippen molar-refractivity contribution in [2.24, 2.45) is 0 Å². The van der Waals surface area contributed by atoms with E-state index in [-0.39, 0.29) is 5.78 Å². The molecule has 0 aliphatic heterocycles. The average Bonchev–Trinajstić information content (AvgIpc) is 2.18. The number of hydrogen-bond donors (Lipinski definition) is 0. The molecule has 0 bridgehead atoms. The summed E-state index contributed by atoms with van der Waals surface area (Å²) in [5.41, 5.74) is 1.73. The first kappa shape index (κ1) is 10.5. The summed E-state index contributed by atoms with van der Waals surface area (Å²) in [6, 6.07) is 7.61. The van der Waals surface area contributed by atoms with Gasteiger partial charge in [-0.2, -0.15) is 0 Å². The zero-order valence-electron chi connectivity index (χ0n) is 8.70. The molecular formula is C12H14O2. The summed E-state index contributed by atoms with van der Waals surface area (Å²) >= 11 is 0. The molecule has 0 spiro atoms. The third kappa shape index (κ3) is 2.73. The molecule has 74 valence electrons. The van der Waals surface area contributed by atoms with Gasteiger partial charge in [0.05, 0.1) is 7.11 Å². The highest BCUT2D eigenvalue weighted by molar-refractivity contribution is 5.97. The number of benzene rings is 1. The van der Waals surface area contributed by atoms with Crippen molar-refractivity contribution >= 4 is 11.9 Å². The van der Waals surface area contributed by atoms with Gasteiger partial charge in [-0.05, 0) is 43.2 Å². The Hall–Kier alpha value is -1.57. The van der Waals surface area contributed by atoms with E-state index >= 15 is 0 Å². The number of hydrogen-bond acceptors (Lipinski definition) is 2. The molecule has 1 aromatic carbocycles. The fourth-order valence-corrected chi connectivity index (χ4v) is 1.08. The molecule has 2 heteroatoms. The molecule has 0 aliphatic carbocycles. The van der Waals surface area contributed by atoms with E-state index in [1.165, 1.54) is 0 Å². The van der Waals surface area contributed by atoms with Gasteiger partial charge in [-0.25, -0.2) is 0 Å². The SMILES string of the molecule is COc1cccc(/C=C(\C)C(C)=O)c1. The van der Waals surface area contributed by atoms with Crippen molar-refractivity contribution in [1.29, 1.82) is 0 Å². The highest BCUT2D eigenvalue weighted by atomic mass is 16.5. The van der Waals surface area contributed by atoms with Crippen molar-refractivity contribution < 1.29 is 9.53 Å². The maximum Gasteiger partial charge on any atom is 0.155 e. The lowest BCUT2D eigenvalue weighted by atomic mass is 10.1. The van der Waals surface area contributed by atoms with Gasteiger partial charge in [0.25, 0.3) is 0 Å². The number of ketones is 1. The molecule has 0 heterocycles. The van der Waals surface area contributed by atoms with Crippen LogP contribution in [-0.4, -0.2) is 12.9 Å².